The number of nitrogens with one attached hydrogen (secondary N) is 4. The summed E-state index contributed by atoms with van der Waals surface area (Å²) in [6.07, 6.45) is 0.985. The SMILES string of the molecule is CC(C)(C)NC(=O)C[NH+]1CCC[NH+](CC(=O)Nc2cccc(Cl)c2Cl)CC1. The Morgan fingerprint density at radius 3 is 2.19 bits per heavy atom. The van der Waals surface area contributed by atoms with Gasteiger partial charge in [-0.25, -0.2) is 0 Å². The van der Waals surface area contributed by atoms with E-state index in [0.717, 1.165) is 32.6 Å². The monoisotopic (exact) mass is 416 g/mol. The van der Waals surface area contributed by atoms with Crippen LogP contribution in [0, 0.1) is 0 Å². The summed E-state index contributed by atoms with van der Waals surface area (Å²) in [5, 5.41) is 6.64. The van der Waals surface area contributed by atoms with Gasteiger partial charge in [-0.3, -0.25) is 9.59 Å². The number of anilines is 1. The van der Waals surface area contributed by atoms with Crippen LogP contribution in [0.15, 0.2) is 18.2 Å². The molecule has 1 heterocycles. The zero-order valence-corrected chi connectivity index (χ0v) is 17.8. The molecule has 2 atom stereocenters. The van der Waals surface area contributed by atoms with Gasteiger partial charge in [-0.05, 0) is 32.9 Å². The van der Waals surface area contributed by atoms with Crippen molar-refractivity contribution < 1.29 is 19.4 Å². The van der Waals surface area contributed by atoms with E-state index in [2.05, 4.69) is 10.6 Å². The van der Waals surface area contributed by atoms with Crippen molar-refractivity contribution in [3.8, 4) is 0 Å². The van der Waals surface area contributed by atoms with Crippen LogP contribution in [0.2, 0.25) is 10.0 Å². The molecular weight excluding hydrogens is 387 g/mol. The third kappa shape index (κ3) is 7.66. The normalized spacial score (nSPS) is 20.6. The molecule has 1 saturated heterocycles. The first-order valence-corrected chi connectivity index (χ1v) is 10.1. The number of hydrogen-bond acceptors (Lipinski definition) is 2. The van der Waals surface area contributed by atoms with E-state index >= 15 is 0 Å². The van der Waals surface area contributed by atoms with Gasteiger partial charge in [0.05, 0.1) is 28.8 Å². The maximum atomic E-state index is 12.4. The fourth-order valence-corrected chi connectivity index (χ4v) is 3.60. The number of quaternary nitrogens is 2. The Bertz CT molecular complexity index is 676. The summed E-state index contributed by atoms with van der Waals surface area (Å²) in [5.74, 6) is -0.00242. The molecule has 8 heteroatoms. The predicted octanol–water partition coefficient (Wildman–Crippen LogP) is 0.0201. The Hall–Kier alpha value is -1.34. The molecule has 27 heavy (non-hydrogen) atoms. The molecule has 1 fully saturated rings. The summed E-state index contributed by atoms with van der Waals surface area (Å²) < 4.78 is 0. The van der Waals surface area contributed by atoms with E-state index in [1.165, 1.54) is 9.80 Å². The molecule has 1 aromatic rings. The summed E-state index contributed by atoms with van der Waals surface area (Å²) in [6, 6.07) is 5.18. The lowest BCUT2D eigenvalue weighted by Crippen LogP contribution is -3.18. The molecule has 2 rings (SSSR count). The van der Waals surface area contributed by atoms with Crippen molar-refractivity contribution in [3.05, 3.63) is 28.2 Å². The highest BCUT2D eigenvalue weighted by molar-refractivity contribution is 6.43. The average molecular weight is 417 g/mol. The van der Waals surface area contributed by atoms with Gasteiger partial charge < -0.3 is 20.4 Å². The molecule has 6 nitrogen and oxygen atoms in total. The van der Waals surface area contributed by atoms with Crippen LogP contribution in [0.1, 0.15) is 27.2 Å². The van der Waals surface area contributed by atoms with Crippen LogP contribution in [0.5, 0.6) is 0 Å². The Morgan fingerprint density at radius 2 is 1.59 bits per heavy atom. The zero-order chi connectivity index (χ0) is 20.0. The van der Waals surface area contributed by atoms with Crippen molar-refractivity contribution in [2.45, 2.75) is 32.7 Å². The lowest BCUT2D eigenvalue weighted by molar-refractivity contribution is -0.930. The van der Waals surface area contributed by atoms with E-state index in [4.69, 9.17) is 23.2 Å². The maximum Gasteiger partial charge on any atom is 0.279 e. The van der Waals surface area contributed by atoms with Gasteiger partial charge in [0.2, 0.25) is 0 Å². The topological polar surface area (TPSA) is 67.1 Å². The van der Waals surface area contributed by atoms with E-state index in [1.54, 1.807) is 18.2 Å². The Morgan fingerprint density at radius 1 is 1.00 bits per heavy atom. The first-order chi connectivity index (χ1) is 12.6. The van der Waals surface area contributed by atoms with Crippen LogP contribution >= 0.6 is 23.2 Å². The van der Waals surface area contributed by atoms with E-state index in [9.17, 15) is 9.59 Å². The summed E-state index contributed by atoms with van der Waals surface area (Å²) in [7, 11) is 0. The maximum absolute atomic E-state index is 12.4. The van der Waals surface area contributed by atoms with Gasteiger partial charge in [-0.2, -0.15) is 0 Å². The van der Waals surface area contributed by atoms with E-state index in [1.807, 2.05) is 20.8 Å². The van der Waals surface area contributed by atoms with Gasteiger partial charge in [-0.15, -0.1) is 0 Å². The van der Waals surface area contributed by atoms with Crippen LogP contribution in [0.25, 0.3) is 0 Å². The second-order valence-corrected chi connectivity index (χ2v) is 8.94. The van der Waals surface area contributed by atoms with Crippen LogP contribution in [0.4, 0.5) is 5.69 Å². The molecule has 2 amide bonds. The van der Waals surface area contributed by atoms with Gasteiger partial charge in [-0.1, -0.05) is 29.3 Å². The molecule has 0 bridgehead atoms. The average Bonchev–Trinajstić information content (AvgIpc) is 2.75. The smallest absolute Gasteiger partial charge is 0.279 e. The zero-order valence-electron chi connectivity index (χ0n) is 16.3. The van der Waals surface area contributed by atoms with Gasteiger partial charge in [0, 0.05) is 12.0 Å². The van der Waals surface area contributed by atoms with E-state index < -0.39 is 0 Å². The van der Waals surface area contributed by atoms with Crippen molar-refractivity contribution in [2.24, 2.45) is 0 Å². The van der Waals surface area contributed by atoms with Gasteiger partial charge in [0.1, 0.15) is 13.1 Å². The minimum Gasteiger partial charge on any atom is -0.347 e. The quantitative estimate of drug-likeness (QED) is 0.546. The summed E-state index contributed by atoms with van der Waals surface area (Å²) in [5.41, 5.74) is 0.328. The van der Waals surface area contributed by atoms with E-state index in [-0.39, 0.29) is 17.4 Å². The number of amides is 2. The summed E-state index contributed by atoms with van der Waals surface area (Å²) >= 11 is 12.1. The Balaban J connectivity index is 1.81. The predicted molar refractivity (Wildman–Crippen MR) is 109 cm³/mol. The first-order valence-electron chi connectivity index (χ1n) is 9.36. The van der Waals surface area contributed by atoms with Crippen LogP contribution in [-0.4, -0.2) is 56.6 Å². The lowest BCUT2D eigenvalue weighted by atomic mass is 10.1. The van der Waals surface area contributed by atoms with Crippen molar-refractivity contribution >= 4 is 40.7 Å². The van der Waals surface area contributed by atoms with E-state index in [0.29, 0.717) is 28.8 Å². The highest BCUT2D eigenvalue weighted by atomic mass is 35.5. The number of carbonyl (C=O) groups is 2. The van der Waals surface area contributed by atoms with Crippen LogP contribution in [-0.2, 0) is 9.59 Å². The van der Waals surface area contributed by atoms with Crippen molar-refractivity contribution in [1.82, 2.24) is 5.32 Å². The minimum absolute atomic E-state index is 0.0780. The highest BCUT2D eigenvalue weighted by Gasteiger charge is 2.25. The Kier molecular flexibility index (Phi) is 7.91. The molecule has 0 aromatic heterocycles. The second kappa shape index (κ2) is 9.73. The number of benzene rings is 1. The largest absolute Gasteiger partial charge is 0.347 e. The lowest BCUT2D eigenvalue weighted by Gasteiger charge is -2.22. The van der Waals surface area contributed by atoms with Crippen molar-refractivity contribution in [3.63, 3.8) is 0 Å². The Labute approximate surface area is 171 Å². The third-order valence-electron chi connectivity index (χ3n) is 4.45. The molecule has 2 unspecified atom stereocenters. The fraction of sp³-hybridized carbons (Fsp3) is 0.579. The van der Waals surface area contributed by atoms with Crippen LogP contribution < -0.4 is 20.4 Å². The molecule has 0 saturated carbocycles. The molecule has 1 aliphatic rings. The van der Waals surface area contributed by atoms with Crippen molar-refractivity contribution in [1.29, 1.82) is 0 Å². The number of halogens is 2. The highest BCUT2D eigenvalue weighted by Crippen LogP contribution is 2.29. The summed E-state index contributed by atoms with van der Waals surface area (Å²) in [4.78, 5) is 27.0. The number of carbonyl (C=O) groups excluding carboxylic acids is 2. The molecule has 1 aromatic carbocycles. The molecular formula is C19H30Cl2N4O2+2. The molecule has 0 spiro atoms. The van der Waals surface area contributed by atoms with Gasteiger partial charge in [0.15, 0.2) is 13.1 Å². The fourth-order valence-electron chi connectivity index (χ4n) is 3.26. The summed E-state index contributed by atoms with van der Waals surface area (Å²) in [6.45, 7) is 10.4. The number of rotatable bonds is 5. The molecule has 1 aliphatic heterocycles. The third-order valence-corrected chi connectivity index (χ3v) is 5.27. The van der Waals surface area contributed by atoms with Gasteiger partial charge >= 0.3 is 0 Å². The van der Waals surface area contributed by atoms with Gasteiger partial charge in [0.25, 0.3) is 11.8 Å². The molecule has 0 radical (unpaired) electrons. The molecule has 0 aliphatic carbocycles. The number of hydrogen-bond donors (Lipinski definition) is 4. The second-order valence-electron chi connectivity index (χ2n) is 8.15. The molecule has 4 N–H and O–H groups in total. The molecule has 150 valence electrons. The standard InChI is InChI=1S/C19H28Cl2N4O2/c1-19(2,3)23-17(27)13-25-9-5-8-24(10-11-25)12-16(26)22-15-7-4-6-14(20)18(15)21/h4,6-7H,5,8-13H2,1-3H3,(H,22,26)(H,23,27)/p+2. The minimum atomic E-state index is -0.209. The first kappa shape index (κ1) is 22.0. The van der Waals surface area contributed by atoms with Crippen LogP contribution in [0.3, 0.4) is 0 Å². The van der Waals surface area contributed by atoms with Crippen molar-refractivity contribution in [2.75, 3.05) is 44.6 Å².